The molecule has 2 aromatic carbocycles. The zero-order valence-electron chi connectivity index (χ0n) is 12.4. The Bertz CT molecular complexity index is 804. The van der Waals surface area contributed by atoms with Crippen LogP contribution in [0.5, 0.6) is 0 Å². The smallest absolute Gasteiger partial charge is 0.182 e. The minimum absolute atomic E-state index is 0.0947. The van der Waals surface area contributed by atoms with Gasteiger partial charge in [-0.25, -0.2) is 8.42 Å². The van der Waals surface area contributed by atoms with Crippen LogP contribution in [0.1, 0.15) is 11.5 Å². The van der Waals surface area contributed by atoms with Gasteiger partial charge >= 0.3 is 0 Å². The van der Waals surface area contributed by atoms with Gasteiger partial charge in [0.15, 0.2) is 9.84 Å². The maximum Gasteiger partial charge on any atom is 0.182 e. The average molecular weight is 352 g/mol. The standard InChI is InChI=1S/C17H18ClNO3S/c18-13-6-4-5-12(9-13)15-16(17(15,10-19)11-20)23(21,22)14-7-2-1-3-8-14/h1-9,15-16,20H,10-11,19H2/t15-,16+,17-/m1/s1. The van der Waals surface area contributed by atoms with Gasteiger partial charge < -0.3 is 10.8 Å². The van der Waals surface area contributed by atoms with E-state index in [1.54, 1.807) is 48.5 Å². The zero-order valence-corrected chi connectivity index (χ0v) is 14.0. The van der Waals surface area contributed by atoms with Crippen LogP contribution in [-0.4, -0.2) is 31.9 Å². The number of aliphatic hydroxyl groups excluding tert-OH is 1. The second-order valence-corrected chi connectivity index (χ2v) is 8.41. The summed E-state index contributed by atoms with van der Waals surface area (Å²) in [6.45, 7) is -0.186. The molecule has 3 rings (SSSR count). The summed E-state index contributed by atoms with van der Waals surface area (Å²) in [7, 11) is -3.59. The maximum atomic E-state index is 13.0. The van der Waals surface area contributed by atoms with Crippen molar-refractivity contribution >= 4 is 21.4 Å². The summed E-state index contributed by atoms with van der Waals surface area (Å²) in [4.78, 5) is 0.251. The van der Waals surface area contributed by atoms with Gasteiger partial charge in [0.25, 0.3) is 0 Å². The lowest BCUT2D eigenvalue weighted by Gasteiger charge is -2.12. The first-order chi connectivity index (χ1) is 11.0. The van der Waals surface area contributed by atoms with Crippen LogP contribution in [0.2, 0.25) is 5.02 Å². The molecule has 0 radical (unpaired) electrons. The van der Waals surface area contributed by atoms with Crippen LogP contribution in [-0.2, 0) is 9.84 Å². The molecular weight excluding hydrogens is 334 g/mol. The van der Waals surface area contributed by atoms with Crippen LogP contribution >= 0.6 is 11.6 Å². The monoisotopic (exact) mass is 351 g/mol. The Morgan fingerprint density at radius 3 is 2.39 bits per heavy atom. The quantitative estimate of drug-likeness (QED) is 0.865. The molecule has 0 aliphatic heterocycles. The highest BCUT2D eigenvalue weighted by Crippen LogP contribution is 2.63. The largest absolute Gasteiger partial charge is 0.396 e. The Labute approximate surface area is 140 Å². The number of rotatable bonds is 5. The number of nitrogens with two attached hydrogens (primary N) is 1. The van der Waals surface area contributed by atoms with Gasteiger partial charge in [-0.15, -0.1) is 0 Å². The fourth-order valence-corrected chi connectivity index (χ4v) is 6.07. The fourth-order valence-electron chi connectivity index (χ4n) is 3.40. The molecular formula is C17H18ClNO3S. The molecule has 1 saturated carbocycles. The Hall–Kier alpha value is -1.40. The van der Waals surface area contributed by atoms with E-state index >= 15 is 0 Å². The number of hydrogen-bond acceptors (Lipinski definition) is 4. The van der Waals surface area contributed by atoms with Crippen molar-refractivity contribution in [3.63, 3.8) is 0 Å². The summed E-state index contributed by atoms with van der Waals surface area (Å²) in [5, 5.41) is 9.65. The van der Waals surface area contributed by atoms with E-state index in [2.05, 4.69) is 0 Å². The summed E-state index contributed by atoms with van der Waals surface area (Å²) >= 11 is 6.03. The molecule has 0 saturated heterocycles. The summed E-state index contributed by atoms with van der Waals surface area (Å²) in [5.41, 5.74) is 5.78. The average Bonchev–Trinajstić information content (AvgIpc) is 3.26. The molecule has 3 atom stereocenters. The van der Waals surface area contributed by atoms with Crippen LogP contribution in [0.25, 0.3) is 0 Å². The van der Waals surface area contributed by atoms with Crippen molar-refractivity contribution < 1.29 is 13.5 Å². The highest BCUT2D eigenvalue weighted by Gasteiger charge is 2.70. The third-order valence-electron chi connectivity index (χ3n) is 4.67. The lowest BCUT2D eigenvalue weighted by Crippen LogP contribution is -2.27. The van der Waals surface area contributed by atoms with Gasteiger partial charge in [-0.05, 0) is 29.8 Å². The van der Waals surface area contributed by atoms with E-state index in [1.165, 1.54) is 0 Å². The molecule has 1 aliphatic carbocycles. The van der Waals surface area contributed by atoms with Gasteiger partial charge in [0.1, 0.15) is 0 Å². The van der Waals surface area contributed by atoms with Gasteiger partial charge in [-0.1, -0.05) is 41.9 Å². The predicted molar refractivity (Wildman–Crippen MR) is 90.2 cm³/mol. The normalized spacial score (nSPS) is 26.9. The van der Waals surface area contributed by atoms with Crippen molar-refractivity contribution in [1.82, 2.24) is 0 Å². The highest BCUT2D eigenvalue weighted by atomic mass is 35.5. The molecule has 1 fully saturated rings. The first kappa shape index (κ1) is 16.5. The number of benzene rings is 2. The van der Waals surface area contributed by atoms with E-state index < -0.39 is 20.5 Å². The third-order valence-corrected chi connectivity index (χ3v) is 7.24. The van der Waals surface area contributed by atoms with Crippen molar-refractivity contribution in [3.05, 3.63) is 65.2 Å². The SMILES string of the molecule is NC[C@@]1(CO)[C@H](c2cccc(Cl)c2)[C@@H]1S(=O)(=O)c1ccccc1. The van der Waals surface area contributed by atoms with E-state index in [0.29, 0.717) is 5.02 Å². The van der Waals surface area contributed by atoms with Crippen LogP contribution < -0.4 is 5.73 Å². The summed E-state index contributed by atoms with van der Waals surface area (Å²) < 4.78 is 26.0. The molecule has 0 spiro atoms. The molecule has 4 nitrogen and oxygen atoms in total. The van der Waals surface area contributed by atoms with Gasteiger partial charge in [-0.3, -0.25) is 0 Å². The summed E-state index contributed by atoms with van der Waals surface area (Å²) in [6.07, 6.45) is 0. The van der Waals surface area contributed by atoms with Crippen molar-refractivity contribution in [3.8, 4) is 0 Å². The van der Waals surface area contributed by atoms with Crippen molar-refractivity contribution in [2.24, 2.45) is 11.1 Å². The van der Waals surface area contributed by atoms with E-state index in [1.807, 2.05) is 6.07 Å². The topological polar surface area (TPSA) is 80.4 Å². The van der Waals surface area contributed by atoms with Crippen LogP contribution in [0.4, 0.5) is 0 Å². The molecule has 0 unspecified atom stereocenters. The molecule has 6 heteroatoms. The Morgan fingerprint density at radius 2 is 1.83 bits per heavy atom. The second kappa shape index (κ2) is 5.91. The molecule has 0 heterocycles. The van der Waals surface area contributed by atoms with E-state index in [4.69, 9.17) is 17.3 Å². The van der Waals surface area contributed by atoms with Gasteiger partial charge in [0, 0.05) is 22.9 Å². The number of sulfone groups is 1. The minimum atomic E-state index is -3.59. The number of halogens is 1. The Morgan fingerprint density at radius 1 is 1.13 bits per heavy atom. The fraction of sp³-hybridized carbons (Fsp3) is 0.294. The molecule has 1 aliphatic rings. The number of hydrogen-bond donors (Lipinski definition) is 2. The first-order valence-corrected chi connectivity index (χ1v) is 9.25. The lowest BCUT2D eigenvalue weighted by atomic mass is 10.0. The molecule has 122 valence electrons. The molecule has 3 N–H and O–H groups in total. The van der Waals surface area contributed by atoms with Crippen molar-refractivity contribution in [1.29, 1.82) is 0 Å². The highest BCUT2D eigenvalue weighted by molar-refractivity contribution is 7.92. The minimum Gasteiger partial charge on any atom is -0.396 e. The molecule has 23 heavy (non-hydrogen) atoms. The van der Waals surface area contributed by atoms with E-state index in [-0.39, 0.29) is 24.0 Å². The van der Waals surface area contributed by atoms with Crippen LogP contribution in [0.15, 0.2) is 59.5 Å². The Balaban J connectivity index is 2.07. The van der Waals surface area contributed by atoms with Crippen molar-refractivity contribution in [2.45, 2.75) is 16.1 Å². The zero-order chi connectivity index (χ0) is 16.7. The van der Waals surface area contributed by atoms with Gasteiger partial charge in [-0.2, -0.15) is 0 Å². The van der Waals surface area contributed by atoms with E-state index in [0.717, 1.165) is 5.56 Å². The first-order valence-electron chi connectivity index (χ1n) is 7.33. The van der Waals surface area contributed by atoms with Crippen molar-refractivity contribution in [2.75, 3.05) is 13.2 Å². The van der Waals surface area contributed by atoms with Crippen LogP contribution in [0.3, 0.4) is 0 Å². The third kappa shape index (κ3) is 2.58. The molecule has 2 aromatic rings. The lowest BCUT2D eigenvalue weighted by molar-refractivity contribution is 0.212. The van der Waals surface area contributed by atoms with Gasteiger partial charge in [0.2, 0.25) is 0 Å². The Kier molecular flexibility index (Phi) is 4.23. The maximum absolute atomic E-state index is 13.0. The summed E-state index contributed by atoms with van der Waals surface area (Å²) in [6, 6.07) is 15.4. The summed E-state index contributed by atoms with van der Waals surface area (Å²) in [5.74, 6) is -0.360. The van der Waals surface area contributed by atoms with Crippen LogP contribution in [0, 0.1) is 5.41 Å². The second-order valence-electron chi connectivity index (χ2n) is 5.91. The van der Waals surface area contributed by atoms with Gasteiger partial charge in [0.05, 0.1) is 16.8 Å². The molecule has 0 aromatic heterocycles. The predicted octanol–water partition coefficient (Wildman–Crippen LogP) is 2.22. The molecule has 0 bridgehead atoms. The molecule has 0 amide bonds. The van der Waals surface area contributed by atoms with E-state index in [9.17, 15) is 13.5 Å². The number of aliphatic hydroxyl groups is 1.